The van der Waals surface area contributed by atoms with Crippen molar-refractivity contribution in [2.45, 2.75) is 19.0 Å². The Morgan fingerprint density at radius 2 is 1.95 bits per heavy atom. The lowest BCUT2D eigenvalue weighted by Crippen LogP contribution is -2.15. The van der Waals surface area contributed by atoms with Crippen LogP contribution < -0.4 is 4.74 Å². The molecule has 0 fully saturated rings. The Kier molecular flexibility index (Phi) is 4.85. The minimum absolute atomic E-state index is 0.252. The van der Waals surface area contributed by atoms with Crippen LogP contribution in [0.1, 0.15) is 23.2 Å². The maximum Gasteiger partial charge on any atom is 0.418 e. The van der Waals surface area contributed by atoms with E-state index in [9.17, 15) is 26.7 Å². The van der Waals surface area contributed by atoms with Crippen LogP contribution in [0.15, 0.2) is 6.20 Å². The summed E-state index contributed by atoms with van der Waals surface area (Å²) >= 11 is 0. The van der Waals surface area contributed by atoms with Gasteiger partial charge in [-0.2, -0.15) is 13.2 Å². The Morgan fingerprint density at radius 1 is 1.35 bits per heavy atom. The number of aromatic nitrogens is 1. The van der Waals surface area contributed by atoms with Gasteiger partial charge >= 0.3 is 12.1 Å². The summed E-state index contributed by atoms with van der Waals surface area (Å²) in [4.78, 5) is 14.5. The summed E-state index contributed by atoms with van der Waals surface area (Å²) in [6.45, 7) is 0. The first-order valence-electron chi connectivity index (χ1n) is 5.20. The minimum Gasteiger partial charge on any atom is -0.494 e. The second kappa shape index (κ2) is 6.02. The smallest absolute Gasteiger partial charge is 0.418 e. The molecule has 0 aliphatic heterocycles. The molecule has 0 radical (unpaired) electrons. The van der Waals surface area contributed by atoms with Crippen molar-refractivity contribution in [1.82, 2.24) is 4.98 Å². The lowest BCUT2D eigenvalue weighted by atomic mass is 10.1. The summed E-state index contributed by atoms with van der Waals surface area (Å²) in [5.41, 5.74) is -3.28. The van der Waals surface area contributed by atoms with Crippen LogP contribution in [0.4, 0.5) is 22.0 Å². The van der Waals surface area contributed by atoms with Gasteiger partial charge in [-0.05, 0) is 0 Å². The van der Waals surface area contributed by atoms with Crippen LogP contribution in [-0.2, 0) is 22.1 Å². The first-order valence-corrected chi connectivity index (χ1v) is 5.20. The van der Waals surface area contributed by atoms with E-state index in [-0.39, 0.29) is 11.9 Å². The van der Waals surface area contributed by atoms with Crippen molar-refractivity contribution >= 4 is 5.97 Å². The number of carbonyl (C=O) groups excluding carboxylic acids is 1. The van der Waals surface area contributed by atoms with Gasteiger partial charge in [-0.15, -0.1) is 0 Å². The highest BCUT2D eigenvalue weighted by atomic mass is 19.4. The van der Waals surface area contributed by atoms with Gasteiger partial charge in [0.1, 0.15) is 5.75 Å². The number of alkyl halides is 5. The molecule has 0 amide bonds. The van der Waals surface area contributed by atoms with Crippen molar-refractivity contribution in [2.24, 2.45) is 0 Å². The van der Waals surface area contributed by atoms with E-state index >= 15 is 0 Å². The summed E-state index contributed by atoms with van der Waals surface area (Å²) in [6, 6.07) is 0. The van der Waals surface area contributed by atoms with Gasteiger partial charge in [-0.3, -0.25) is 9.78 Å². The van der Waals surface area contributed by atoms with Crippen LogP contribution in [0, 0.1) is 0 Å². The molecule has 0 aliphatic carbocycles. The van der Waals surface area contributed by atoms with E-state index in [1.807, 2.05) is 0 Å². The number of halogens is 5. The van der Waals surface area contributed by atoms with Gasteiger partial charge in [-0.25, -0.2) is 8.78 Å². The van der Waals surface area contributed by atoms with Gasteiger partial charge in [0.05, 0.1) is 37.5 Å². The van der Waals surface area contributed by atoms with Gasteiger partial charge < -0.3 is 9.47 Å². The molecule has 0 bridgehead atoms. The molecular formula is C11H10F5NO3. The largest absolute Gasteiger partial charge is 0.494 e. The zero-order valence-electron chi connectivity index (χ0n) is 10.4. The zero-order chi connectivity index (χ0) is 15.5. The number of methoxy groups -OCH3 is 2. The van der Waals surface area contributed by atoms with Crippen LogP contribution in [0.2, 0.25) is 0 Å². The molecule has 4 nitrogen and oxygen atoms in total. The van der Waals surface area contributed by atoms with Crippen LogP contribution >= 0.6 is 0 Å². The zero-order valence-corrected chi connectivity index (χ0v) is 10.4. The molecule has 20 heavy (non-hydrogen) atoms. The van der Waals surface area contributed by atoms with Crippen LogP contribution in [-0.4, -0.2) is 25.2 Å². The molecule has 0 unspecified atom stereocenters. The van der Waals surface area contributed by atoms with Gasteiger partial charge in [0.2, 0.25) is 0 Å². The molecule has 1 rings (SSSR count). The van der Waals surface area contributed by atoms with Crippen molar-refractivity contribution in [3.63, 3.8) is 0 Å². The highest BCUT2D eigenvalue weighted by Crippen LogP contribution is 2.41. The predicted molar refractivity (Wildman–Crippen MR) is 56.5 cm³/mol. The molecule has 0 spiro atoms. The molecule has 0 aliphatic rings. The minimum atomic E-state index is -5.00. The fourth-order valence-corrected chi connectivity index (χ4v) is 1.55. The average molecular weight is 299 g/mol. The van der Waals surface area contributed by atoms with Gasteiger partial charge in [-0.1, -0.05) is 0 Å². The molecule has 1 heterocycles. The normalized spacial score (nSPS) is 11.6. The standard InChI is InChI=1S/C11H10F5NO3/c1-19-7(18)3-6-9(20-2)8(10(12)13)5(4-17-6)11(14,15)16/h4,10H,3H2,1-2H3. The third-order valence-electron chi connectivity index (χ3n) is 2.41. The van der Waals surface area contributed by atoms with Gasteiger partial charge in [0, 0.05) is 6.20 Å². The van der Waals surface area contributed by atoms with E-state index in [0.29, 0.717) is 0 Å². The monoisotopic (exact) mass is 299 g/mol. The van der Waals surface area contributed by atoms with E-state index in [1.165, 1.54) is 0 Å². The van der Waals surface area contributed by atoms with Gasteiger partial charge in [0.15, 0.2) is 0 Å². The third kappa shape index (κ3) is 3.34. The summed E-state index contributed by atoms with van der Waals surface area (Å²) in [6.07, 6.45) is -8.75. The summed E-state index contributed by atoms with van der Waals surface area (Å²) < 4.78 is 72.6. The van der Waals surface area contributed by atoms with E-state index in [4.69, 9.17) is 0 Å². The number of hydrogen-bond acceptors (Lipinski definition) is 4. The topological polar surface area (TPSA) is 48.4 Å². The molecule has 0 atom stereocenters. The number of rotatable bonds is 4. The quantitative estimate of drug-likeness (QED) is 0.633. The highest BCUT2D eigenvalue weighted by molar-refractivity contribution is 5.73. The Morgan fingerprint density at radius 3 is 2.35 bits per heavy atom. The average Bonchev–Trinajstić information content (AvgIpc) is 2.36. The highest BCUT2D eigenvalue weighted by Gasteiger charge is 2.39. The molecule has 0 N–H and O–H groups in total. The van der Waals surface area contributed by atoms with E-state index in [0.717, 1.165) is 14.2 Å². The first-order chi connectivity index (χ1) is 9.22. The maximum absolute atomic E-state index is 12.9. The van der Waals surface area contributed by atoms with Crippen molar-refractivity contribution in [3.05, 3.63) is 23.0 Å². The lowest BCUT2D eigenvalue weighted by Gasteiger charge is -2.17. The molecule has 112 valence electrons. The summed E-state index contributed by atoms with van der Waals surface area (Å²) in [5.74, 6) is -1.60. The number of ether oxygens (including phenoxy) is 2. The van der Waals surface area contributed by atoms with Crippen molar-refractivity contribution in [1.29, 1.82) is 0 Å². The van der Waals surface area contributed by atoms with E-state index in [1.54, 1.807) is 0 Å². The maximum atomic E-state index is 12.9. The summed E-state index contributed by atoms with van der Waals surface area (Å²) in [7, 11) is 1.97. The molecule has 1 aromatic rings. The molecule has 0 saturated carbocycles. The summed E-state index contributed by atoms with van der Waals surface area (Å²) in [5, 5.41) is 0. The first kappa shape index (κ1) is 16.1. The molecule has 1 aromatic heterocycles. The van der Waals surface area contributed by atoms with Crippen LogP contribution in [0.3, 0.4) is 0 Å². The molecule has 9 heteroatoms. The van der Waals surface area contributed by atoms with Crippen molar-refractivity contribution in [2.75, 3.05) is 14.2 Å². The number of pyridine rings is 1. The number of hydrogen-bond donors (Lipinski definition) is 0. The fraction of sp³-hybridized carbons (Fsp3) is 0.455. The second-order valence-electron chi connectivity index (χ2n) is 3.62. The van der Waals surface area contributed by atoms with E-state index < -0.39 is 41.9 Å². The molecular weight excluding hydrogens is 289 g/mol. The Hall–Kier alpha value is -1.93. The number of carbonyl (C=O) groups is 1. The Balaban J connectivity index is 3.46. The molecule has 0 saturated heterocycles. The van der Waals surface area contributed by atoms with Crippen molar-refractivity contribution < 1.29 is 36.2 Å². The predicted octanol–water partition coefficient (Wildman–Crippen LogP) is 2.76. The Bertz CT molecular complexity index is 502. The fourth-order valence-electron chi connectivity index (χ4n) is 1.55. The van der Waals surface area contributed by atoms with Crippen molar-refractivity contribution in [3.8, 4) is 5.75 Å². The van der Waals surface area contributed by atoms with Crippen LogP contribution in [0.5, 0.6) is 5.75 Å². The lowest BCUT2D eigenvalue weighted by molar-refractivity contribution is -0.140. The Labute approximate surface area is 110 Å². The number of esters is 1. The van der Waals surface area contributed by atoms with E-state index in [2.05, 4.69) is 14.5 Å². The SMILES string of the molecule is COC(=O)Cc1ncc(C(F)(F)F)c(C(F)F)c1OC. The van der Waals surface area contributed by atoms with Gasteiger partial charge in [0.25, 0.3) is 6.43 Å². The van der Waals surface area contributed by atoms with Crippen LogP contribution in [0.25, 0.3) is 0 Å². The second-order valence-corrected chi connectivity index (χ2v) is 3.62. The molecule has 0 aromatic carbocycles. The number of nitrogens with zero attached hydrogens (tertiary/aromatic N) is 1. The third-order valence-corrected chi connectivity index (χ3v) is 2.41.